The molecular formula is C20H23ClN6O2S. The van der Waals surface area contributed by atoms with Gasteiger partial charge in [0.25, 0.3) is 0 Å². The number of tetrazole rings is 1. The smallest absolute Gasteiger partial charge is 0.175 e. The third-order valence-corrected chi connectivity index (χ3v) is 6.53. The highest BCUT2D eigenvalue weighted by atomic mass is 35.5. The lowest BCUT2D eigenvalue weighted by Crippen LogP contribution is -2.45. The largest absolute Gasteiger partial charge is 0.297 e. The van der Waals surface area contributed by atoms with Gasteiger partial charge in [0.1, 0.15) is 0 Å². The van der Waals surface area contributed by atoms with E-state index < -0.39 is 9.84 Å². The van der Waals surface area contributed by atoms with Crippen molar-refractivity contribution in [2.24, 2.45) is 0 Å². The first-order chi connectivity index (χ1) is 14.4. The third-order valence-electron chi connectivity index (χ3n) is 5.17. The number of aromatic nitrogens is 4. The summed E-state index contributed by atoms with van der Waals surface area (Å²) in [5.41, 5.74) is 1.96. The molecule has 1 fully saturated rings. The van der Waals surface area contributed by atoms with Gasteiger partial charge in [0.15, 0.2) is 15.7 Å². The van der Waals surface area contributed by atoms with Crippen molar-refractivity contribution in [1.29, 1.82) is 0 Å². The Balaban J connectivity index is 1.37. The summed E-state index contributed by atoms with van der Waals surface area (Å²) in [5, 5.41) is 12.8. The molecule has 8 nitrogen and oxygen atoms in total. The lowest BCUT2D eigenvalue weighted by Gasteiger charge is -2.34. The SMILES string of the molecule is CS(=O)(=O)c1ccc(-n2nnnc2CN2CCN(Cc3cccc(Cl)c3)CC2)cc1. The quantitative estimate of drug-likeness (QED) is 0.572. The Bertz CT molecular complexity index is 1110. The van der Waals surface area contributed by atoms with Crippen LogP contribution in [0.25, 0.3) is 5.69 Å². The van der Waals surface area contributed by atoms with Gasteiger partial charge in [-0.05, 0) is 52.4 Å². The zero-order valence-corrected chi connectivity index (χ0v) is 18.2. The van der Waals surface area contributed by atoms with E-state index in [-0.39, 0.29) is 4.90 Å². The van der Waals surface area contributed by atoms with Crippen molar-refractivity contribution in [3.8, 4) is 5.69 Å². The fraction of sp³-hybridized carbons (Fsp3) is 0.350. The maximum Gasteiger partial charge on any atom is 0.175 e. The average molecular weight is 447 g/mol. The van der Waals surface area contributed by atoms with Crippen molar-refractivity contribution in [2.45, 2.75) is 18.0 Å². The minimum atomic E-state index is -3.23. The van der Waals surface area contributed by atoms with E-state index in [1.807, 2.05) is 18.2 Å². The van der Waals surface area contributed by atoms with Crippen LogP contribution in [-0.4, -0.2) is 70.9 Å². The topological polar surface area (TPSA) is 84.2 Å². The molecule has 1 aliphatic heterocycles. The average Bonchev–Trinajstić information content (AvgIpc) is 3.17. The molecule has 1 saturated heterocycles. The van der Waals surface area contributed by atoms with Crippen LogP contribution >= 0.6 is 11.6 Å². The van der Waals surface area contributed by atoms with Crippen LogP contribution in [0.15, 0.2) is 53.4 Å². The number of nitrogens with zero attached hydrogens (tertiary/aromatic N) is 6. The molecule has 0 radical (unpaired) electrons. The number of sulfone groups is 1. The van der Waals surface area contributed by atoms with Gasteiger partial charge in [0.05, 0.1) is 17.1 Å². The van der Waals surface area contributed by atoms with Crippen molar-refractivity contribution in [3.05, 3.63) is 64.9 Å². The van der Waals surface area contributed by atoms with Gasteiger partial charge in [0.2, 0.25) is 0 Å². The normalized spacial score (nSPS) is 16.1. The summed E-state index contributed by atoms with van der Waals surface area (Å²) in [6, 6.07) is 14.6. The van der Waals surface area contributed by atoms with Crippen molar-refractivity contribution >= 4 is 21.4 Å². The summed E-state index contributed by atoms with van der Waals surface area (Å²) in [7, 11) is -3.23. The molecule has 1 aromatic heterocycles. The highest BCUT2D eigenvalue weighted by molar-refractivity contribution is 7.90. The first-order valence-electron chi connectivity index (χ1n) is 9.65. The van der Waals surface area contributed by atoms with Crippen molar-refractivity contribution in [3.63, 3.8) is 0 Å². The highest BCUT2D eigenvalue weighted by Crippen LogP contribution is 2.17. The molecule has 30 heavy (non-hydrogen) atoms. The van der Waals surface area contributed by atoms with Gasteiger partial charge >= 0.3 is 0 Å². The van der Waals surface area contributed by atoms with Gasteiger partial charge in [-0.2, -0.15) is 4.68 Å². The fourth-order valence-corrected chi connectivity index (χ4v) is 4.38. The van der Waals surface area contributed by atoms with Crippen LogP contribution in [0.2, 0.25) is 5.02 Å². The third kappa shape index (κ3) is 5.04. The van der Waals surface area contributed by atoms with E-state index in [9.17, 15) is 8.42 Å². The van der Waals surface area contributed by atoms with Crippen LogP contribution in [0.3, 0.4) is 0 Å². The monoisotopic (exact) mass is 446 g/mol. The number of piperazine rings is 1. The van der Waals surface area contributed by atoms with Crippen molar-refractivity contribution in [2.75, 3.05) is 32.4 Å². The molecule has 4 rings (SSSR count). The Morgan fingerprint density at radius 2 is 1.63 bits per heavy atom. The molecule has 0 atom stereocenters. The summed E-state index contributed by atoms with van der Waals surface area (Å²) < 4.78 is 25.0. The molecule has 2 heterocycles. The molecule has 1 aliphatic rings. The maximum atomic E-state index is 11.7. The van der Waals surface area contributed by atoms with E-state index in [1.165, 1.54) is 11.8 Å². The Hall–Kier alpha value is -2.33. The lowest BCUT2D eigenvalue weighted by atomic mass is 10.2. The summed E-state index contributed by atoms with van der Waals surface area (Å²) in [5.74, 6) is 0.727. The molecule has 3 aromatic rings. The Morgan fingerprint density at radius 3 is 2.27 bits per heavy atom. The number of hydrogen-bond donors (Lipinski definition) is 0. The number of benzene rings is 2. The molecule has 0 N–H and O–H groups in total. The predicted octanol–water partition coefficient (Wildman–Crippen LogP) is 2.04. The van der Waals surface area contributed by atoms with E-state index in [0.29, 0.717) is 6.54 Å². The summed E-state index contributed by atoms with van der Waals surface area (Å²) in [6.07, 6.45) is 1.19. The van der Waals surface area contributed by atoms with E-state index in [4.69, 9.17) is 11.6 Å². The van der Waals surface area contributed by atoms with E-state index in [1.54, 1.807) is 28.9 Å². The van der Waals surface area contributed by atoms with Crippen LogP contribution in [0.5, 0.6) is 0 Å². The van der Waals surface area contributed by atoms with Crippen LogP contribution < -0.4 is 0 Å². The molecular weight excluding hydrogens is 424 g/mol. The molecule has 0 bridgehead atoms. The Labute approximate surface area is 181 Å². The minimum Gasteiger partial charge on any atom is -0.297 e. The zero-order chi connectivity index (χ0) is 21.1. The summed E-state index contributed by atoms with van der Waals surface area (Å²) in [6.45, 7) is 5.26. The molecule has 0 saturated carbocycles. The van der Waals surface area contributed by atoms with E-state index in [0.717, 1.165) is 49.3 Å². The maximum absolute atomic E-state index is 11.7. The predicted molar refractivity (Wildman–Crippen MR) is 114 cm³/mol. The van der Waals surface area contributed by atoms with Crippen LogP contribution in [0.4, 0.5) is 0 Å². The van der Waals surface area contributed by atoms with E-state index in [2.05, 4.69) is 31.4 Å². The van der Waals surface area contributed by atoms with Gasteiger partial charge in [0, 0.05) is 44.0 Å². The molecule has 0 unspecified atom stereocenters. The molecule has 2 aromatic carbocycles. The standard InChI is InChI=1S/C20H23ClN6O2S/c1-30(28,29)19-7-5-18(6-8-19)27-20(22-23-24-27)15-26-11-9-25(10-12-26)14-16-3-2-4-17(21)13-16/h2-8,13H,9-12,14-15H2,1H3. The second-order valence-corrected chi connectivity index (χ2v) is 9.91. The molecule has 0 amide bonds. The van der Waals surface area contributed by atoms with Gasteiger partial charge in [-0.3, -0.25) is 9.80 Å². The number of hydrogen-bond acceptors (Lipinski definition) is 7. The van der Waals surface area contributed by atoms with Gasteiger partial charge in [-0.1, -0.05) is 23.7 Å². The summed E-state index contributed by atoms with van der Waals surface area (Å²) in [4.78, 5) is 5.01. The molecule has 158 valence electrons. The Morgan fingerprint density at radius 1 is 0.967 bits per heavy atom. The first-order valence-corrected chi connectivity index (χ1v) is 11.9. The number of halogens is 1. The second-order valence-electron chi connectivity index (χ2n) is 7.46. The molecule has 0 aliphatic carbocycles. The van der Waals surface area contributed by atoms with Gasteiger partial charge in [-0.25, -0.2) is 8.42 Å². The fourth-order valence-electron chi connectivity index (χ4n) is 3.54. The van der Waals surface area contributed by atoms with Gasteiger partial charge in [-0.15, -0.1) is 5.10 Å². The minimum absolute atomic E-state index is 0.275. The molecule has 0 spiro atoms. The zero-order valence-electron chi connectivity index (χ0n) is 16.6. The Kier molecular flexibility index (Phi) is 6.14. The van der Waals surface area contributed by atoms with E-state index >= 15 is 0 Å². The summed E-state index contributed by atoms with van der Waals surface area (Å²) >= 11 is 6.08. The van der Waals surface area contributed by atoms with Gasteiger partial charge < -0.3 is 0 Å². The highest BCUT2D eigenvalue weighted by Gasteiger charge is 2.20. The van der Waals surface area contributed by atoms with Crippen LogP contribution in [-0.2, 0) is 22.9 Å². The molecule has 10 heteroatoms. The lowest BCUT2D eigenvalue weighted by molar-refractivity contribution is 0.119. The van der Waals surface area contributed by atoms with Crippen molar-refractivity contribution < 1.29 is 8.42 Å². The van der Waals surface area contributed by atoms with Crippen LogP contribution in [0.1, 0.15) is 11.4 Å². The van der Waals surface area contributed by atoms with Crippen molar-refractivity contribution in [1.82, 2.24) is 30.0 Å². The number of rotatable bonds is 6. The first kappa shape index (κ1) is 20.9. The van der Waals surface area contributed by atoms with Crippen LogP contribution in [0, 0.1) is 0 Å². The second kappa shape index (κ2) is 8.81.